The number of nitrogens with one attached hydrogen (secondary N) is 1. The van der Waals surface area contributed by atoms with Gasteiger partial charge in [-0.15, -0.1) is 0 Å². The van der Waals surface area contributed by atoms with Gasteiger partial charge >= 0.3 is 6.03 Å². The Morgan fingerprint density at radius 2 is 2.33 bits per heavy atom. The minimum Gasteiger partial charge on any atom is -0.391 e. The number of halogens is 2. The first kappa shape index (κ1) is 13.3. The van der Waals surface area contributed by atoms with Crippen LogP contribution in [0, 0.1) is 5.82 Å². The molecule has 0 aromatic heterocycles. The van der Waals surface area contributed by atoms with Crippen LogP contribution < -0.4 is 5.32 Å². The van der Waals surface area contributed by atoms with Crippen molar-refractivity contribution in [2.75, 3.05) is 18.4 Å². The molecule has 1 aliphatic heterocycles. The van der Waals surface area contributed by atoms with Gasteiger partial charge in [0.05, 0.1) is 10.6 Å². The summed E-state index contributed by atoms with van der Waals surface area (Å²) in [5.41, 5.74) is 0.522. The average molecular weight is 317 g/mol. The molecule has 2 N–H and O–H groups in total. The van der Waals surface area contributed by atoms with E-state index in [1.54, 1.807) is 4.90 Å². The largest absolute Gasteiger partial charge is 0.391 e. The molecule has 4 nitrogen and oxygen atoms in total. The van der Waals surface area contributed by atoms with Crippen LogP contribution in [0.2, 0.25) is 0 Å². The molecule has 1 aromatic rings. The Balaban J connectivity index is 2.00. The second kappa shape index (κ2) is 5.67. The van der Waals surface area contributed by atoms with Gasteiger partial charge < -0.3 is 15.3 Å². The number of anilines is 1. The zero-order valence-corrected chi connectivity index (χ0v) is 11.3. The first-order valence-corrected chi connectivity index (χ1v) is 6.54. The average Bonchev–Trinajstić information content (AvgIpc) is 2.34. The molecule has 0 saturated carbocycles. The van der Waals surface area contributed by atoms with E-state index in [1.165, 1.54) is 18.2 Å². The van der Waals surface area contributed by atoms with Gasteiger partial charge in [-0.25, -0.2) is 9.18 Å². The number of benzene rings is 1. The van der Waals surface area contributed by atoms with Gasteiger partial charge in [0.1, 0.15) is 5.82 Å². The van der Waals surface area contributed by atoms with Crippen LogP contribution in [-0.4, -0.2) is 35.2 Å². The second-order valence-corrected chi connectivity index (χ2v) is 5.16. The number of amides is 2. The normalized spacial score (nSPS) is 19.7. The Kier molecular flexibility index (Phi) is 4.19. The highest BCUT2D eigenvalue weighted by molar-refractivity contribution is 9.10. The van der Waals surface area contributed by atoms with Crippen molar-refractivity contribution in [2.45, 2.75) is 18.9 Å². The molecule has 1 fully saturated rings. The zero-order chi connectivity index (χ0) is 13.1. The lowest BCUT2D eigenvalue weighted by atomic mass is 10.1. The molecule has 18 heavy (non-hydrogen) atoms. The number of carbonyl (C=O) groups excluding carboxylic acids is 1. The summed E-state index contributed by atoms with van der Waals surface area (Å²) in [5, 5.41) is 12.2. The highest BCUT2D eigenvalue weighted by Gasteiger charge is 2.22. The van der Waals surface area contributed by atoms with Crippen molar-refractivity contribution in [1.82, 2.24) is 4.90 Å². The first-order valence-electron chi connectivity index (χ1n) is 5.75. The van der Waals surface area contributed by atoms with E-state index in [4.69, 9.17) is 0 Å². The van der Waals surface area contributed by atoms with Crippen LogP contribution in [0.3, 0.4) is 0 Å². The predicted molar refractivity (Wildman–Crippen MR) is 69.9 cm³/mol. The Morgan fingerprint density at radius 1 is 1.56 bits per heavy atom. The van der Waals surface area contributed by atoms with Crippen LogP contribution in [0.5, 0.6) is 0 Å². The minimum absolute atomic E-state index is 0.271. The topological polar surface area (TPSA) is 52.6 Å². The third-order valence-electron chi connectivity index (χ3n) is 2.85. The lowest BCUT2D eigenvalue weighted by Crippen LogP contribution is -2.44. The van der Waals surface area contributed by atoms with Crippen LogP contribution in [0.4, 0.5) is 14.9 Å². The monoisotopic (exact) mass is 316 g/mol. The number of β-amino-alcohol motifs (C(OH)–C–C–N with tert-alkyl or cyclic N) is 1. The number of nitrogens with zero attached hydrogens (tertiary/aromatic N) is 1. The van der Waals surface area contributed by atoms with Gasteiger partial charge in [-0.2, -0.15) is 0 Å². The first-order chi connectivity index (χ1) is 8.56. The molecule has 2 rings (SSSR count). The molecular weight excluding hydrogens is 303 g/mol. The van der Waals surface area contributed by atoms with E-state index in [-0.39, 0.29) is 11.8 Å². The molecule has 1 saturated heterocycles. The third-order valence-corrected chi connectivity index (χ3v) is 3.46. The number of piperidine rings is 1. The zero-order valence-electron chi connectivity index (χ0n) is 9.70. The van der Waals surface area contributed by atoms with Gasteiger partial charge in [0.25, 0.3) is 0 Å². The van der Waals surface area contributed by atoms with Crippen molar-refractivity contribution >= 4 is 27.6 Å². The maximum Gasteiger partial charge on any atom is 0.321 e. The van der Waals surface area contributed by atoms with Crippen molar-refractivity contribution in [2.24, 2.45) is 0 Å². The number of carbonyl (C=O) groups is 1. The fraction of sp³-hybridized carbons (Fsp3) is 0.417. The SMILES string of the molecule is O=C(Nc1ccc(F)c(Br)c1)N1CCC[C@H](O)C1. The van der Waals surface area contributed by atoms with Gasteiger partial charge in [0, 0.05) is 18.8 Å². The number of hydrogen-bond donors (Lipinski definition) is 2. The maximum absolute atomic E-state index is 13.0. The third kappa shape index (κ3) is 3.20. The Morgan fingerprint density at radius 3 is 3.00 bits per heavy atom. The fourth-order valence-electron chi connectivity index (χ4n) is 1.92. The highest BCUT2D eigenvalue weighted by atomic mass is 79.9. The summed E-state index contributed by atoms with van der Waals surface area (Å²) in [6.45, 7) is 0.972. The van der Waals surface area contributed by atoms with Crippen molar-refractivity contribution in [3.8, 4) is 0 Å². The van der Waals surface area contributed by atoms with E-state index < -0.39 is 6.10 Å². The van der Waals surface area contributed by atoms with E-state index in [0.29, 0.717) is 23.2 Å². The number of rotatable bonds is 1. The van der Waals surface area contributed by atoms with Gasteiger partial charge in [0.2, 0.25) is 0 Å². The van der Waals surface area contributed by atoms with E-state index >= 15 is 0 Å². The molecule has 0 unspecified atom stereocenters. The minimum atomic E-state index is -0.454. The maximum atomic E-state index is 13.0. The molecular formula is C12H14BrFN2O2. The number of aliphatic hydroxyl groups is 1. The molecule has 0 bridgehead atoms. The molecule has 1 atom stereocenters. The van der Waals surface area contributed by atoms with Crippen LogP contribution in [0.25, 0.3) is 0 Å². The number of hydrogen-bond acceptors (Lipinski definition) is 2. The highest BCUT2D eigenvalue weighted by Crippen LogP contribution is 2.20. The number of urea groups is 1. The molecule has 0 spiro atoms. The van der Waals surface area contributed by atoms with Crippen molar-refractivity contribution in [3.63, 3.8) is 0 Å². The Labute approximate surface area is 113 Å². The van der Waals surface area contributed by atoms with Crippen molar-refractivity contribution < 1.29 is 14.3 Å². The van der Waals surface area contributed by atoms with Crippen LogP contribution >= 0.6 is 15.9 Å². The summed E-state index contributed by atoms with van der Waals surface area (Å²) in [4.78, 5) is 13.5. The number of aliphatic hydroxyl groups excluding tert-OH is 1. The van der Waals surface area contributed by atoms with E-state index in [2.05, 4.69) is 21.2 Å². The molecule has 1 aliphatic rings. The summed E-state index contributed by atoms with van der Waals surface area (Å²) < 4.78 is 13.3. The molecule has 1 heterocycles. The Hall–Kier alpha value is -1.14. The molecule has 0 radical (unpaired) electrons. The summed E-state index contributed by atoms with van der Waals surface area (Å²) in [6.07, 6.45) is 1.07. The van der Waals surface area contributed by atoms with Crippen LogP contribution in [0.15, 0.2) is 22.7 Å². The van der Waals surface area contributed by atoms with Crippen LogP contribution in [-0.2, 0) is 0 Å². The van der Waals surface area contributed by atoms with E-state index in [0.717, 1.165) is 12.8 Å². The summed E-state index contributed by atoms with van der Waals surface area (Å²) >= 11 is 3.06. The van der Waals surface area contributed by atoms with Gasteiger partial charge in [0.15, 0.2) is 0 Å². The molecule has 0 aliphatic carbocycles. The lowest BCUT2D eigenvalue weighted by Gasteiger charge is -2.30. The number of likely N-dealkylation sites (tertiary alicyclic amines) is 1. The predicted octanol–water partition coefficient (Wildman–Crippen LogP) is 2.58. The van der Waals surface area contributed by atoms with Crippen LogP contribution in [0.1, 0.15) is 12.8 Å². The lowest BCUT2D eigenvalue weighted by molar-refractivity contribution is 0.0883. The molecule has 1 aromatic carbocycles. The molecule has 2 amide bonds. The Bertz CT molecular complexity index is 456. The van der Waals surface area contributed by atoms with Gasteiger partial charge in [-0.3, -0.25) is 0 Å². The summed E-state index contributed by atoms with van der Waals surface area (Å²) in [6, 6.07) is 4.02. The molecule has 98 valence electrons. The smallest absolute Gasteiger partial charge is 0.321 e. The quantitative estimate of drug-likeness (QED) is 0.836. The van der Waals surface area contributed by atoms with E-state index in [9.17, 15) is 14.3 Å². The van der Waals surface area contributed by atoms with E-state index in [1.807, 2.05) is 0 Å². The van der Waals surface area contributed by atoms with Crippen molar-refractivity contribution in [3.05, 3.63) is 28.5 Å². The van der Waals surface area contributed by atoms with Gasteiger partial charge in [-0.05, 0) is 47.0 Å². The summed E-state index contributed by atoms with van der Waals surface area (Å²) in [5.74, 6) is -0.374. The van der Waals surface area contributed by atoms with Gasteiger partial charge in [-0.1, -0.05) is 0 Å². The fourth-order valence-corrected chi connectivity index (χ4v) is 2.29. The summed E-state index contributed by atoms with van der Waals surface area (Å²) in [7, 11) is 0. The second-order valence-electron chi connectivity index (χ2n) is 4.30. The van der Waals surface area contributed by atoms with Crippen molar-refractivity contribution in [1.29, 1.82) is 0 Å². The standard InChI is InChI=1S/C12H14BrFN2O2/c13-10-6-8(3-4-11(10)14)15-12(18)16-5-1-2-9(17)7-16/h3-4,6,9,17H,1-2,5,7H2,(H,15,18)/t9-/m0/s1. The molecule has 6 heteroatoms.